The molecule has 1 aliphatic heterocycles. The van der Waals surface area contributed by atoms with Crippen molar-refractivity contribution < 1.29 is 9.47 Å². The molecule has 4 aromatic carbocycles. The Morgan fingerprint density at radius 2 is 1.82 bits per heavy atom. The molecule has 1 heterocycles. The van der Waals surface area contributed by atoms with Gasteiger partial charge in [-0.15, -0.1) is 0 Å². The largest absolute Gasteiger partial charge is 0.493 e. The van der Waals surface area contributed by atoms with Gasteiger partial charge < -0.3 is 14.8 Å². The molecule has 0 saturated carbocycles. The van der Waals surface area contributed by atoms with Gasteiger partial charge in [-0.2, -0.15) is 0 Å². The minimum Gasteiger partial charge on any atom is -0.493 e. The molecule has 0 fully saturated rings. The van der Waals surface area contributed by atoms with E-state index in [0.717, 1.165) is 23.2 Å². The maximum absolute atomic E-state index is 6.57. The lowest BCUT2D eigenvalue weighted by Crippen LogP contribution is -2.28. The van der Waals surface area contributed by atoms with Gasteiger partial charge in [0.2, 0.25) is 0 Å². The summed E-state index contributed by atoms with van der Waals surface area (Å²) in [7, 11) is 1.60. The van der Waals surface area contributed by atoms with E-state index in [1.165, 1.54) is 16.8 Å². The Kier molecular flexibility index (Phi) is 7.32. The summed E-state index contributed by atoms with van der Waals surface area (Å²) in [6.45, 7) is 0.329. The topological polar surface area (TPSA) is 42.8 Å². The van der Waals surface area contributed by atoms with E-state index in [4.69, 9.17) is 32.7 Å². The SMILES string of the molecule is COc1cc(C=Nc2ccc([C@@H]3Nc4ccccc4[C@H]4C=CC[C@H]43)cc2)cc(Cl)c1OCc1cccc(Cl)c1. The van der Waals surface area contributed by atoms with E-state index in [1.54, 1.807) is 13.3 Å². The number of allylic oxidation sites excluding steroid dienone is 2. The number of rotatable bonds is 7. The summed E-state index contributed by atoms with van der Waals surface area (Å²) in [4.78, 5) is 4.69. The minimum absolute atomic E-state index is 0.264. The highest BCUT2D eigenvalue weighted by Crippen LogP contribution is 2.49. The number of anilines is 1. The first kappa shape index (κ1) is 25.5. The van der Waals surface area contributed by atoms with Crippen LogP contribution in [0.1, 0.15) is 40.6 Å². The zero-order chi connectivity index (χ0) is 26.8. The van der Waals surface area contributed by atoms with E-state index >= 15 is 0 Å². The fourth-order valence-corrected chi connectivity index (χ4v) is 6.01. The highest BCUT2D eigenvalue weighted by Gasteiger charge is 2.37. The molecular weight excluding hydrogens is 527 g/mol. The van der Waals surface area contributed by atoms with Crippen LogP contribution in [0.15, 0.2) is 102 Å². The minimum atomic E-state index is 0.264. The van der Waals surface area contributed by atoms with E-state index in [9.17, 15) is 0 Å². The van der Waals surface area contributed by atoms with E-state index in [2.05, 4.69) is 71.0 Å². The highest BCUT2D eigenvalue weighted by atomic mass is 35.5. The Labute approximate surface area is 238 Å². The average Bonchev–Trinajstić information content (AvgIpc) is 3.46. The quantitative estimate of drug-likeness (QED) is 0.183. The summed E-state index contributed by atoms with van der Waals surface area (Å²) in [5.74, 6) is 2.01. The molecule has 0 radical (unpaired) electrons. The number of methoxy groups -OCH3 is 1. The van der Waals surface area contributed by atoms with Gasteiger partial charge in [0.1, 0.15) is 6.61 Å². The molecular formula is C33H28Cl2N2O2. The van der Waals surface area contributed by atoms with Gasteiger partial charge in [-0.05, 0) is 77.1 Å². The third kappa shape index (κ3) is 5.40. The van der Waals surface area contributed by atoms with Gasteiger partial charge in [-0.25, -0.2) is 0 Å². The predicted molar refractivity (Wildman–Crippen MR) is 160 cm³/mol. The van der Waals surface area contributed by atoms with E-state index in [1.807, 2.05) is 36.4 Å². The third-order valence-corrected chi connectivity index (χ3v) is 7.93. The number of nitrogens with zero attached hydrogens (tertiary/aromatic N) is 1. The lowest BCUT2D eigenvalue weighted by atomic mass is 9.77. The molecule has 1 aliphatic carbocycles. The van der Waals surface area contributed by atoms with Crippen LogP contribution in [0, 0.1) is 5.92 Å². The van der Waals surface area contributed by atoms with E-state index in [-0.39, 0.29) is 6.04 Å². The summed E-state index contributed by atoms with van der Waals surface area (Å²) < 4.78 is 11.5. The van der Waals surface area contributed by atoms with Crippen molar-refractivity contribution in [2.45, 2.75) is 25.0 Å². The Hall–Kier alpha value is -3.73. The lowest BCUT2D eigenvalue weighted by molar-refractivity contribution is 0.284. The summed E-state index contributed by atoms with van der Waals surface area (Å²) in [5, 5.41) is 4.90. The van der Waals surface area contributed by atoms with Crippen molar-refractivity contribution in [1.29, 1.82) is 0 Å². The molecule has 0 bridgehead atoms. The van der Waals surface area contributed by atoms with E-state index in [0.29, 0.717) is 40.0 Å². The molecule has 0 saturated heterocycles. The van der Waals surface area contributed by atoms with Gasteiger partial charge in [0.05, 0.1) is 23.9 Å². The van der Waals surface area contributed by atoms with Gasteiger partial charge >= 0.3 is 0 Å². The van der Waals surface area contributed by atoms with Gasteiger partial charge in [-0.1, -0.05) is 77.8 Å². The van der Waals surface area contributed by atoms with Crippen molar-refractivity contribution in [3.63, 3.8) is 0 Å². The van der Waals surface area contributed by atoms with Crippen LogP contribution in [0.3, 0.4) is 0 Å². The molecule has 3 atom stereocenters. The van der Waals surface area contributed by atoms with Crippen molar-refractivity contribution in [2.24, 2.45) is 10.9 Å². The van der Waals surface area contributed by atoms with Crippen LogP contribution in [-0.4, -0.2) is 13.3 Å². The van der Waals surface area contributed by atoms with Crippen molar-refractivity contribution in [3.05, 3.63) is 129 Å². The normalized spacial score (nSPS) is 19.4. The lowest BCUT2D eigenvalue weighted by Gasteiger charge is -2.37. The predicted octanol–water partition coefficient (Wildman–Crippen LogP) is 9.16. The Balaban J connectivity index is 1.17. The van der Waals surface area contributed by atoms with Crippen LogP contribution >= 0.6 is 23.2 Å². The zero-order valence-corrected chi connectivity index (χ0v) is 23.0. The van der Waals surface area contributed by atoms with Gasteiger partial charge in [0.25, 0.3) is 0 Å². The molecule has 4 aromatic rings. The monoisotopic (exact) mass is 554 g/mol. The number of aliphatic imine (C=N–C) groups is 1. The Morgan fingerprint density at radius 3 is 2.64 bits per heavy atom. The third-order valence-electron chi connectivity index (χ3n) is 7.41. The number of hydrogen-bond acceptors (Lipinski definition) is 4. The Bertz CT molecular complexity index is 1550. The summed E-state index contributed by atoms with van der Waals surface area (Å²) in [5.41, 5.74) is 6.52. The second-order valence-electron chi connectivity index (χ2n) is 9.87. The number of ether oxygens (including phenoxy) is 2. The molecule has 0 aromatic heterocycles. The number of para-hydroxylation sites is 1. The molecule has 39 heavy (non-hydrogen) atoms. The first-order chi connectivity index (χ1) is 19.1. The van der Waals surface area contributed by atoms with Crippen LogP contribution in [0.5, 0.6) is 11.5 Å². The maximum Gasteiger partial charge on any atom is 0.180 e. The number of benzene rings is 4. The summed E-state index contributed by atoms with van der Waals surface area (Å²) >= 11 is 12.7. The number of hydrogen-bond donors (Lipinski definition) is 1. The van der Waals surface area contributed by atoms with Gasteiger partial charge in [0.15, 0.2) is 11.5 Å². The Morgan fingerprint density at radius 1 is 0.974 bits per heavy atom. The first-order valence-electron chi connectivity index (χ1n) is 13.0. The number of halogens is 2. The van der Waals surface area contributed by atoms with Crippen molar-refractivity contribution in [2.75, 3.05) is 12.4 Å². The second kappa shape index (κ2) is 11.2. The van der Waals surface area contributed by atoms with Crippen LogP contribution in [0.2, 0.25) is 10.0 Å². The van der Waals surface area contributed by atoms with E-state index < -0.39 is 0 Å². The molecule has 6 heteroatoms. The van der Waals surface area contributed by atoms with Gasteiger partial charge in [-0.3, -0.25) is 4.99 Å². The summed E-state index contributed by atoms with van der Waals surface area (Å²) in [6, 6.07) is 28.6. The highest BCUT2D eigenvalue weighted by molar-refractivity contribution is 6.32. The fourth-order valence-electron chi connectivity index (χ4n) is 5.53. The van der Waals surface area contributed by atoms with Crippen LogP contribution in [-0.2, 0) is 6.61 Å². The molecule has 1 N–H and O–H groups in total. The number of nitrogens with one attached hydrogen (secondary N) is 1. The molecule has 0 spiro atoms. The number of fused-ring (bicyclic) bond motifs is 3. The molecule has 0 unspecified atom stereocenters. The standard InChI is InChI=1S/C33H28Cl2N2O2/c1-38-31-18-22(17-29(35)33(31)39-20-21-6-4-7-24(34)16-21)19-36-25-14-12-23(13-15-25)32-28-10-5-9-26(28)27-8-2-3-11-30(27)37-32/h2-9,11-19,26,28,32,37H,10,20H2,1H3/t26-,28-,32+/m1/s1. The molecule has 2 aliphatic rings. The smallest absolute Gasteiger partial charge is 0.180 e. The van der Waals surface area contributed by atoms with Crippen LogP contribution < -0.4 is 14.8 Å². The van der Waals surface area contributed by atoms with Crippen LogP contribution in [0.25, 0.3) is 0 Å². The van der Waals surface area contributed by atoms with Crippen molar-refractivity contribution >= 4 is 40.8 Å². The second-order valence-corrected chi connectivity index (χ2v) is 10.7. The van der Waals surface area contributed by atoms with Crippen molar-refractivity contribution in [1.82, 2.24) is 0 Å². The first-order valence-corrected chi connectivity index (χ1v) is 13.8. The molecule has 4 nitrogen and oxygen atoms in total. The molecule has 0 amide bonds. The molecule has 196 valence electrons. The van der Waals surface area contributed by atoms with Gasteiger partial charge in [0, 0.05) is 22.8 Å². The zero-order valence-electron chi connectivity index (χ0n) is 21.5. The maximum atomic E-state index is 6.57. The average molecular weight is 556 g/mol. The molecule has 6 rings (SSSR count). The fraction of sp³-hybridized carbons (Fsp3) is 0.182. The summed E-state index contributed by atoms with van der Waals surface area (Å²) in [6.07, 6.45) is 7.55. The van der Waals surface area contributed by atoms with Crippen LogP contribution in [0.4, 0.5) is 11.4 Å². The van der Waals surface area contributed by atoms with Crippen molar-refractivity contribution in [3.8, 4) is 11.5 Å².